The molecule has 2 aromatic carbocycles. The average Bonchev–Trinajstić information content (AvgIpc) is 2.68. The first kappa shape index (κ1) is 18.8. The van der Waals surface area contributed by atoms with Gasteiger partial charge < -0.3 is 15.0 Å². The van der Waals surface area contributed by atoms with Crippen molar-refractivity contribution in [2.45, 2.75) is 0 Å². The molecule has 0 aliphatic carbocycles. The fraction of sp³-hybridized carbons (Fsp3) is 0.222. The van der Waals surface area contributed by atoms with E-state index in [9.17, 15) is 19.7 Å². The molecule has 0 bridgehead atoms. The first-order valence-electron chi connectivity index (χ1n) is 8.18. The summed E-state index contributed by atoms with van der Waals surface area (Å²) in [6, 6.07) is 10.3. The van der Waals surface area contributed by atoms with Crippen molar-refractivity contribution in [2.75, 3.05) is 31.6 Å². The third-order valence-electron chi connectivity index (χ3n) is 4.07. The lowest BCUT2D eigenvalue weighted by atomic mass is 10.1. The monoisotopic (exact) mass is 389 g/mol. The molecule has 0 atom stereocenters. The minimum absolute atomic E-state index is 0.0466. The Balaban J connectivity index is 1.76. The van der Waals surface area contributed by atoms with Gasteiger partial charge in [-0.2, -0.15) is 0 Å². The number of anilines is 1. The number of amides is 2. The van der Waals surface area contributed by atoms with E-state index in [1.54, 1.807) is 29.2 Å². The maximum Gasteiger partial charge on any atom is 0.288 e. The van der Waals surface area contributed by atoms with Crippen molar-refractivity contribution < 1.29 is 19.2 Å². The number of nitrogens with zero attached hydrogens (tertiary/aromatic N) is 2. The van der Waals surface area contributed by atoms with Crippen LogP contribution in [0.3, 0.4) is 0 Å². The first-order valence-corrected chi connectivity index (χ1v) is 8.56. The number of nitrogens with one attached hydrogen (secondary N) is 1. The van der Waals surface area contributed by atoms with E-state index >= 15 is 0 Å². The van der Waals surface area contributed by atoms with Crippen LogP contribution in [0.1, 0.15) is 20.7 Å². The molecule has 1 aliphatic heterocycles. The lowest BCUT2D eigenvalue weighted by Gasteiger charge is -2.27. The minimum atomic E-state index is -0.652. The number of halogens is 1. The van der Waals surface area contributed by atoms with Gasteiger partial charge in [0, 0.05) is 36.0 Å². The van der Waals surface area contributed by atoms with Crippen molar-refractivity contribution in [3.63, 3.8) is 0 Å². The molecule has 27 heavy (non-hydrogen) atoms. The molecule has 0 aromatic heterocycles. The number of rotatable bonds is 4. The van der Waals surface area contributed by atoms with Crippen molar-refractivity contribution in [3.05, 3.63) is 68.7 Å². The topological polar surface area (TPSA) is 102 Å². The van der Waals surface area contributed by atoms with E-state index in [1.165, 1.54) is 12.1 Å². The van der Waals surface area contributed by atoms with Crippen LogP contribution in [0.5, 0.6) is 0 Å². The third kappa shape index (κ3) is 4.42. The van der Waals surface area contributed by atoms with Crippen molar-refractivity contribution in [1.82, 2.24) is 4.90 Å². The van der Waals surface area contributed by atoms with Crippen LogP contribution in [0.4, 0.5) is 11.4 Å². The summed E-state index contributed by atoms with van der Waals surface area (Å²) in [5, 5.41) is 13.6. The molecule has 0 unspecified atom stereocenters. The second-order valence-corrected chi connectivity index (χ2v) is 6.27. The number of ether oxygens (including phenoxy) is 1. The van der Waals surface area contributed by atoms with Crippen LogP contribution in [0.15, 0.2) is 42.5 Å². The molecule has 9 heteroatoms. The molecule has 0 radical (unpaired) electrons. The summed E-state index contributed by atoms with van der Waals surface area (Å²) in [5.74, 6) is -0.678. The van der Waals surface area contributed by atoms with E-state index in [0.29, 0.717) is 37.6 Å². The van der Waals surface area contributed by atoms with Gasteiger partial charge in [0.05, 0.1) is 18.1 Å². The molecule has 3 rings (SSSR count). The van der Waals surface area contributed by atoms with Crippen LogP contribution in [0.2, 0.25) is 5.02 Å². The van der Waals surface area contributed by atoms with Crippen molar-refractivity contribution >= 4 is 34.8 Å². The summed E-state index contributed by atoms with van der Waals surface area (Å²) in [4.78, 5) is 36.9. The highest BCUT2D eigenvalue weighted by atomic mass is 35.5. The van der Waals surface area contributed by atoms with Crippen LogP contribution in [0, 0.1) is 10.1 Å². The molecule has 2 aromatic rings. The molecule has 140 valence electrons. The smallest absolute Gasteiger partial charge is 0.288 e. The van der Waals surface area contributed by atoms with Crippen LogP contribution in [-0.4, -0.2) is 47.9 Å². The Bertz CT molecular complexity index is 896. The van der Waals surface area contributed by atoms with Gasteiger partial charge >= 0.3 is 0 Å². The van der Waals surface area contributed by atoms with Gasteiger partial charge in [-0.05, 0) is 30.3 Å². The van der Waals surface area contributed by atoms with Gasteiger partial charge in [0.15, 0.2) is 0 Å². The highest BCUT2D eigenvalue weighted by Gasteiger charge is 2.20. The normalized spacial score (nSPS) is 13.9. The van der Waals surface area contributed by atoms with E-state index in [0.717, 1.165) is 6.07 Å². The molecule has 1 heterocycles. The van der Waals surface area contributed by atoms with Crippen LogP contribution in [0.25, 0.3) is 0 Å². The Hall–Kier alpha value is -2.97. The fourth-order valence-electron chi connectivity index (χ4n) is 2.68. The summed E-state index contributed by atoms with van der Waals surface area (Å²) in [6.07, 6.45) is 0. The zero-order valence-electron chi connectivity index (χ0n) is 14.2. The zero-order valence-corrected chi connectivity index (χ0v) is 14.9. The second-order valence-electron chi connectivity index (χ2n) is 5.86. The quantitative estimate of drug-likeness (QED) is 0.639. The Morgan fingerprint density at radius 2 is 1.85 bits per heavy atom. The predicted molar refractivity (Wildman–Crippen MR) is 99.2 cm³/mol. The van der Waals surface area contributed by atoms with Gasteiger partial charge in [0.2, 0.25) is 0 Å². The maximum absolute atomic E-state index is 12.5. The number of benzene rings is 2. The number of hydrogen-bond donors (Lipinski definition) is 1. The summed E-state index contributed by atoms with van der Waals surface area (Å²) in [6.45, 7) is 2.03. The largest absolute Gasteiger partial charge is 0.378 e. The number of hydrogen-bond acceptors (Lipinski definition) is 5. The van der Waals surface area contributed by atoms with Gasteiger partial charge in [0.25, 0.3) is 17.5 Å². The van der Waals surface area contributed by atoms with Gasteiger partial charge in [0.1, 0.15) is 5.02 Å². The summed E-state index contributed by atoms with van der Waals surface area (Å²) in [7, 11) is 0. The molecule has 1 aliphatic rings. The van der Waals surface area contributed by atoms with Crippen molar-refractivity contribution in [1.29, 1.82) is 0 Å². The van der Waals surface area contributed by atoms with Crippen molar-refractivity contribution in [3.8, 4) is 0 Å². The van der Waals surface area contributed by atoms with Gasteiger partial charge in [-0.1, -0.05) is 17.7 Å². The Labute approximate surface area is 159 Å². The Morgan fingerprint density at radius 3 is 2.56 bits per heavy atom. The molecular weight excluding hydrogens is 374 g/mol. The highest BCUT2D eigenvalue weighted by Crippen LogP contribution is 2.25. The molecule has 2 amide bonds. The second kappa shape index (κ2) is 8.15. The van der Waals surface area contributed by atoms with Crippen LogP contribution < -0.4 is 5.32 Å². The fourth-order valence-corrected chi connectivity index (χ4v) is 2.86. The lowest BCUT2D eigenvalue weighted by Crippen LogP contribution is -2.40. The lowest BCUT2D eigenvalue weighted by molar-refractivity contribution is -0.384. The van der Waals surface area contributed by atoms with Crippen LogP contribution >= 0.6 is 11.6 Å². The average molecular weight is 390 g/mol. The molecule has 1 N–H and O–H groups in total. The summed E-state index contributed by atoms with van der Waals surface area (Å²) in [5.41, 5.74) is 0.602. The van der Waals surface area contributed by atoms with Gasteiger partial charge in [-0.25, -0.2) is 0 Å². The summed E-state index contributed by atoms with van der Waals surface area (Å²) >= 11 is 5.76. The standard InChI is InChI=1S/C18H16ClN3O5/c19-15-5-4-12(11-16(15)22(25)26)17(23)20-14-3-1-2-13(10-14)18(24)21-6-8-27-9-7-21/h1-5,10-11H,6-9H2,(H,20,23). The third-order valence-corrected chi connectivity index (χ3v) is 4.39. The molecular formula is C18H16ClN3O5. The van der Waals surface area contributed by atoms with Crippen molar-refractivity contribution in [2.24, 2.45) is 0 Å². The molecule has 8 nitrogen and oxygen atoms in total. The Morgan fingerprint density at radius 1 is 1.11 bits per heavy atom. The number of nitro groups is 1. The SMILES string of the molecule is O=C(Nc1cccc(C(=O)N2CCOCC2)c1)c1ccc(Cl)c([N+](=O)[O-])c1. The van der Waals surface area contributed by atoms with E-state index in [-0.39, 0.29) is 22.2 Å². The molecule has 0 spiro atoms. The predicted octanol–water partition coefficient (Wildman–Crippen LogP) is 2.97. The first-order chi connectivity index (χ1) is 13.0. The zero-order chi connectivity index (χ0) is 19.4. The maximum atomic E-state index is 12.5. The molecule has 0 saturated carbocycles. The number of carbonyl (C=O) groups is 2. The Kier molecular flexibility index (Phi) is 5.68. The molecule has 1 saturated heterocycles. The van der Waals surface area contributed by atoms with E-state index in [2.05, 4.69) is 5.32 Å². The number of morpholine rings is 1. The number of carbonyl (C=O) groups excluding carboxylic acids is 2. The van der Waals surface area contributed by atoms with E-state index in [4.69, 9.17) is 16.3 Å². The van der Waals surface area contributed by atoms with Crippen LogP contribution in [-0.2, 0) is 4.74 Å². The minimum Gasteiger partial charge on any atom is -0.378 e. The van der Waals surface area contributed by atoms with Gasteiger partial charge in [-0.3, -0.25) is 19.7 Å². The highest BCUT2D eigenvalue weighted by molar-refractivity contribution is 6.32. The summed E-state index contributed by atoms with van der Waals surface area (Å²) < 4.78 is 5.24. The van der Waals surface area contributed by atoms with E-state index < -0.39 is 10.8 Å². The molecule has 1 fully saturated rings. The van der Waals surface area contributed by atoms with E-state index in [1.807, 2.05) is 0 Å². The van der Waals surface area contributed by atoms with Gasteiger partial charge in [-0.15, -0.1) is 0 Å². The number of nitro benzene ring substituents is 1.